The van der Waals surface area contributed by atoms with Crippen LogP contribution in [0.25, 0.3) is 0 Å². The molecular weight excluding hydrogens is 438 g/mol. The molecule has 6 heteroatoms. The lowest BCUT2D eigenvalue weighted by molar-refractivity contribution is 0.0956. The van der Waals surface area contributed by atoms with Crippen molar-refractivity contribution in [3.05, 3.63) is 94.5 Å². The van der Waals surface area contributed by atoms with Gasteiger partial charge in [0.15, 0.2) is 0 Å². The third-order valence-corrected chi connectivity index (χ3v) is 5.52. The molecule has 0 fully saturated rings. The van der Waals surface area contributed by atoms with Crippen LogP contribution in [0.3, 0.4) is 0 Å². The first-order valence-electron chi connectivity index (χ1n) is 11.3. The van der Waals surface area contributed by atoms with E-state index in [2.05, 4.69) is 0 Å². The van der Waals surface area contributed by atoms with Gasteiger partial charge in [-0.25, -0.2) is 0 Å². The summed E-state index contributed by atoms with van der Waals surface area (Å²) in [6, 6.07) is 23.3. The second-order valence-electron chi connectivity index (χ2n) is 7.93. The van der Waals surface area contributed by atoms with Gasteiger partial charge in [0.2, 0.25) is 0 Å². The van der Waals surface area contributed by atoms with E-state index in [1.54, 1.807) is 12.1 Å². The number of benzene rings is 3. The summed E-state index contributed by atoms with van der Waals surface area (Å²) in [7, 11) is 0. The molecule has 3 aromatic carbocycles. The standard InChI is InChI=1S/C27H32ClNO4/c1-2-16-32-27-13-10-23(17-25(27)28)26(31)19-29(14-15-30)18-21-8-11-24(12-9-21)33-20-22-6-4-3-5-7-22/h3-13,17,26,30-31H,2,14-16,18-20H2,1H3. The summed E-state index contributed by atoms with van der Waals surface area (Å²) in [6.07, 6.45) is 0.166. The fourth-order valence-electron chi connectivity index (χ4n) is 3.47. The zero-order chi connectivity index (χ0) is 23.5. The summed E-state index contributed by atoms with van der Waals surface area (Å²) in [5.74, 6) is 1.42. The first kappa shape index (κ1) is 25.1. The van der Waals surface area contributed by atoms with Crippen molar-refractivity contribution in [3.8, 4) is 11.5 Å². The summed E-state index contributed by atoms with van der Waals surface area (Å²) >= 11 is 6.31. The van der Waals surface area contributed by atoms with E-state index in [0.717, 1.165) is 28.9 Å². The normalized spacial score (nSPS) is 12.0. The minimum Gasteiger partial charge on any atom is -0.492 e. The molecule has 0 aromatic heterocycles. The minimum atomic E-state index is -0.734. The molecule has 0 amide bonds. The first-order valence-corrected chi connectivity index (χ1v) is 11.7. The van der Waals surface area contributed by atoms with Crippen molar-refractivity contribution in [3.63, 3.8) is 0 Å². The lowest BCUT2D eigenvalue weighted by Gasteiger charge is -2.25. The van der Waals surface area contributed by atoms with Crippen LogP contribution in [0.1, 0.15) is 36.1 Å². The van der Waals surface area contributed by atoms with Crippen LogP contribution in [0, 0.1) is 0 Å². The molecular formula is C27H32ClNO4. The number of hydrogen-bond acceptors (Lipinski definition) is 5. The van der Waals surface area contributed by atoms with E-state index in [0.29, 0.717) is 43.6 Å². The van der Waals surface area contributed by atoms with Crippen molar-refractivity contribution in [1.29, 1.82) is 0 Å². The second kappa shape index (κ2) is 13.2. The Kier molecular flexibility index (Phi) is 10.0. The van der Waals surface area contributed by atoms with Gasteiger partial charge in [0.05, 0.1) is 24.3 Å². The smallest absolute Gasteiger partial charge is 0.137 e. The van der Waals surface area contributed by atoms with Crippen molar-refractivity contribution in [2.45, 2.75) is 32.6 Å². The zero-order valence-corrected chi connectivity index (χ0v) is 19.7. The molecule has 5 nitrogen and oxygen atoms in total. The summed E-state index contributed by atoms with van der Waals surface area (Å²) in [5.41, 5.74) is 2.91. The highest BCUT2D eigenvalue weighted by Crippen LogP contribution is 2.28. The van der Waals surface area contributed by atoms with Crippen LogP contribution in [0.4, 0.5) is 0 Å². The predicted molar refractivity (Wildman–Crippen MR) is 132 cm³/mol. The van der Waals surface area contributed by atoms with Crippen LogP contribution in [0.2, 0.25) is 5.02 Å². The van der Waals surface area contributed by atoms with Gasteiger partial charge in [0.25, 0.3) is 0 Å². The summed E-state index contributed by atoms with van der Waals surface area (Å²) in [6.45, 7) is 4.59. The highest BCUT2D eigenvalue weighted by atomic mass is 35.5. The molecule has 1 atom stereocenters. The molecule has 0 aliphatic rings. The summed E-state index contributed by atoms with van der Waals surface area (Å²) < 4.78 is 11.5. The molecule has 1 unspecified atom stereocenters. The molecule has 176 valence electrons. The number of rotatable bonds is 13. The van der Waals surface area contributed by atoms with Gasteiger partial charge < -0.3 is 19.7 Å². The molecule has 0 saturated heterocycles. The fourth-order valence-corrected chi connectivity index (χ4v) is 3.71. The van der Waals surface area contributed by atoms with E-state index in [1.165, 1.54) is 0 Å². The molecule has 0 bridgehead atoms. The second-order valence-corrected chi connectivity index (χ2v) is 8.34. The molecule has 0 saturated carbocycles. The molecule has 2 N–H and O–H groups in total. The fraction of sp³-hybridized carbons (Fsp3) is 0.333. The minimum absolute atomic E-state index is 0.00947. The number of nitrogens with zero attached hydrogens (tertiary/aromatic N) is 1. The van der Waals surface area contributed by atoms with Gasteiger partial charge >= 0.3 is 0 Å². The maximum Gasteiger partial charge on any atom is 0.137 e. The van der Waals surface area contributed by atoms with Crippen LogP contribution in [-0.4, -0.2) is 41.4 Å². The lowest BCUT2D eigenvalue weighted by Crippen LogP contribution is -2.31. The number of halogens is 1. The van der Waals surface area contributed by atoms with Gasteiger partial charge in [0.1, 0.15) is 18.1 Å². The van der Waals surface area contributed by atoms with Crippen molar-refractivity contribution in [1.82, 2.24) is 4.90 Å². The molecule has 33 heavy (non-hydrogen) atoms. The Morgan fingerprint density at radius 2 is 1.70 bits per heavy atom. The van der Waals surface area contributed by atoms with Crippen LogP contribution in [0.15, 0.2) is 72.8 Å². The molecule has 0 radical (unpaired) electrons. The number of aliphatic hydroxyl groups is 2. The maximum absolute atomic E-state index is 10.8. The predicted octanol–water partition coefficient (Wildman–Crippen LogP) is 5.24. The van der Waals surface area contributed by atoms with Gasteiger partial charge in [-0.15, -0.1) is 0 Å². The van der Waals surface area contributed by atoms with Gasteiger partial charge in [0, 0.05) is 19.6 Å². The molecule has 0 aliphatic carbocycles. The molecule has 3 rings (SSSR count). The molecule has 0 spiro atoms. The van der Waals surface area contributed by atoms with Gasteiger partial charge in [-0.3, -0.25) is 4.90 Å². The Bertz CT molecular complexity index is 966. The van der Waals surface area contributed by atoms with E-state index in [1.807, 2.05) is 72.5 Å². The lowest BCUT2D eigenvalue weighted by atomic mass is 10.1. The third kappa shape index (κ3) is 8.06. The Balaban J connectivity index is 1.56. The zero-order valence-electron chi connectivity index (χ0n) is 19.0. The van der Waals surface area contributed by atoms with Gasteiger partial charge in [-0.05, 0) is 47.4 Å². The SMILES string of the molecule is CCCOc1ccc(C(O)CN(CCO)Cc2ccc(OCc3ccccc3)cc2)cc1Cl. The van der Waals surface area contributed by atoms with Crippen molar-refractivity contribution >= 4 is 11.6 Å². The van der Waals surface area contributed by atoms with Crippen LogP contribution < -0.4 is 9.47 Å². The highest BCUT2D eigenvalue weighted by molar-refractivity contribution is 6.32. The van der Waals surface area contributed by atoms with Gasteiger partial charge in [-0.1, -0.05) is 67.1 Å². The number of hydrogen-bond donors (Lipinski definition) is 2. The molecule has 0 aliphatic heterocycles. The Morgan fingerprint density at radius 1 is 0.939 bits per heavy atom. The monoisotopic (exact) mass is 469 g/mol. The van der Waals surface area contributed by atoms with E-state index < -0.39 is 6.10 Å². The third-order valence-electron chi connectivity index (χ3n) is 5.23. The van der Waals surface area contributed by atoms with E-state index in [4.69, 9.17) is 21.1 Å². The van der Waals surface area contributed by atoms with Crippen molar-refractivity contribution in [2.24, 2.45) is 0 Å². The largest absolute Gasteiger partial charge is 0.492 e. The number of aliphatic hydroxyl groups excluding tert-OH is 2. The first-order chi connectivity index (χ1) is 16.1. The van der Waals surface area contributed by atoms with E-state index >= 15 is 0 Å². The van der Waals surface area contributed by atoms with Crippen LogP contribution >= 0.6 is 11.6 Å². The average molecular weight is 470 g/mol. The Labute approximate surface area is 201 Å². The average Bonchev–Trinajstić information content (AvgIpc) is 2.83. The maximum atomic E-state index is 10.8. The quantitative estimate of drug-likeness (QED) is 0.358. The Hall–Kier alpha value is -2.57. The summed E-state index contributed by atoms with van der Waals surface area (Å²) in [4.78, 5) is 2.01. The van der Waals surface area contributed by atoms with Crippen molar-refractivity contribution in [2.75, 3.05) is 26.3 Å². The van der Waals surface area contributed by atoms with Gasteiger partial charge in [-0.2, -0.15) is 0 Å². The molecule has 0 heterocycles. The molecule has 3 aromatic rings. The van der Waals surface area contributed by atoms with Crippen LogP contribution in [0.5, 0.6) is 11.5 Å². The van der Waals surface area contributed by atoms with Crippen molar-refractivity contribution < 1.29 is 19.7 Å². The summed E-state index contributed by atoms with van der Waals surface area (Å²) in [5, 5.41) is 20.8. The number of ether oxygens (including phenoxy) is 2. The highest BCUT2D eigenvalue weighted by Gasteiger charge is 2.16. The Morgan fingerprint density at radius 3 is 2.36 bits per heavy atom. The van der Waals surface area contributed by atoms with Crippen LogP contribution in [-0.2, 0) is 13.2 Å². The topological polar surface area (TPSA) is 62.2 Å². The van der Waals surface area contributed by atoms with E-state index in [-0.39, 0.29) is 6.61 Å². The van der Waals surface area contributed by atoms with E-state index in [9.17, 15) is 10.2 Å².